The van der Waals surface area contributed by atoms with Gasteiger partial charge in [-0.2, -0.15) is 0 Å². The van der Waals surface area contributed by atoms with Crippen LogP contribution in [0.4, 0.5) is 0 Å². The van der Waals surface area contributed by atoms with Crippen molar-refractivity contribution >= 4 is 24.0 Å². The topological polar surface area (TPSA) is 109 Å². The normalized spacial score (nSPS) is 24.0. The predicted molar refractivity (Wildman–Crippen MR) is 136 cm³/mol. The molecule has 0 radical (unpaired) electrons. The van der Waals surface area contributed by atoms with Crippen molar-refractivity contribution in [2.75, 3.05) is 0 Å². The van der Waals surface area contributed by atoms with Gasteiger partial charge in [-0.1, -0.05) is 66.7 Å². The summed E-state index contributed by atoms with van der Waals surface area (Å²) in [6.45, 7) is 2.49. The lowest BCUT2D eigenvalue weighted by molar-refractivity contribution is -0.184. The highest BCUT2D eigenvalue weighted by Crippen LogP contribution is 2.66. The number of hydrogen-bond acceptors (Lipinski definition) is 8. The Morgan fingerprint density at radius 1 is 0.868 bits per heavy atom. The van der Waals surface area contributed by atoms with Crippen molar-refractivity contribution in [3.8, 4) is 5.75 Å². The first-order valence-corrected chi connectivity index (χ1v) is 12.0. The number of ether oxygens (including phenoxy) is 3. The highest BCUT2D eigenvalue weighted by atomic mass is 16.6. The minimum atomic E-state index is -1.38. The number of esters is 3. The number of carbonyl (C=O) groups excluding carboxylic acids is 3. The van der Waals surface area contributed by atoms with Crippen molar-refractivity contribution in [2.24, 2.45) is 5.92 Å². The minimum Gasteiger partial charge on any atom is -0.450 e. The van der Waals surface area contributed by atoms with Crippen LogP contribution < -0.4 is 10.4 Å². The molecule has 192 valence electrons. The van der Waals surface area contributed by atoms with Gasteiger partial charge >= 0.3 is 23.5 Å². The lowest BCUT2D eigenvalue weighted by atomic mass is 9.49. The van der Waals surface area contributed by atoms with Crippen molar-refractivity contribution in [3.63, 3.8) is 0 Å². The number of benzene rings is 2. The van der Waals surface area contributed by atoms with E-state index in [-0.39, 0.29) is 17.3 Å². The zero-order chi connectivity index (χ0) is 26.9. The molecule has 38 heavy (non-hydrogen) atoms. The number of fused-ring (bicyclic) bond motifs is 1. The lowest BCUT2D eigenvalue weighted by Gasteiger charge is -2.59. The molecule has 1 fully saturated rings. The molecule has 0 N–H and O–H groups in total. The van der Waals surface area contributed by atoms with Gasteiger partial charge in [0.25, 0.3) is 0 Å². The average Bonchev–Trinajstić information content (AvgIpc) is 2.85. The monoisotopic (exact) mass is 512 g/mol. The average molecular weight is 513 g/mol. The standard InChI is InChI=1S/C30H24O8/c1-18(31)35-22-15-23(37-25(33)16-22)28-27(21-11-7-4-8-12-21)29-24(36-19(2)32)17-26(34)38-30(28,29)14-13-20-9-5-3-6-10-20/h3-17,27-29H,1-2H3/b14-13+. The lowest BCUT2D eigenvalue weighted by Crippen LogP contribution is -2.63. The van der Waals surface area contributed by atoms with Gasteiger partial charge in [-0.3, -0.25) is 9.59 Å². The molecule has 5 rings (SSSR count). The second kappa shape index (κ2) is 9.97. The molecular formula is C30H24O8. The van der Waals surface area contributed by atoms with Gasteiger partial charge in [-0.15, -0.1) is 0 Å². The molecule has 1 aromatic heterocycles. The van der Waals surface area contributed by atoms with Gasteiger partial charge in [0.2, 0.25) is 0 Å². The highest BCUT2D eigenvalue weighted by Gasteiger charge is 2.69. The second-order valence-electron chi connectivity index (χ2n) is 9.16. The van der Waals surface area contributed by atoms with Gasteiger partial charge in [0, 0.05) is 25.8 Å². The quantitative estimate of drug-likeness (QED) is 0.444. The Labute approximate surface area is 218 Å². The zero-order valence-electron chi connectivity index (χ0n) is 20.7. The first kappa shape index (κ1) is 25.0. The van der Waals surface area contributed by atoms with Crippen LogP contribution in [0.15, 0.2) is 99.9 Å². The van der Waals surface area contributed by atoms with Crippen molar-refractivity contribution in [1.82, 2.24) is 0 Å². The summed E-state index contributed by atoms with van der Waals surface area (Å²) in [6, 6.07) is 21.3. The number of carbonyl (C=O) groups is 3. The third-order valence-corrected chi connectivity index (χ3v) is 6.65. The minimum absolute atomic E-state index is 0.0130. The van der Waals surface area contributed by atoms with Crippen LogP contribution in [0.5, 0.6) is 5.75 Å². The molecule has 1 saturated carbocycles. The Morgan fingerprint density at radius 2 is 1.53 bits per heavy atom. The van der Waals surface area contributed by atoms with Gasteiger partial charge in [0.1, 0.15) is 17.3 Å². The third kappa shape index (κ3) is 4.68. The maximum Gasteiger partial charge on any atom is 0.339 e. The van der Waals surface area contributed by atoms with Crippen LogP contribution in [0.2, 0.25) is 0 Å². The largest absolute Gasteiger partial charge is 0.450 e. The fourth-order valence-electron chi connectivity index (χ4n) is 5.37. The predicted octanol–water partition coefficient (Wildman–Crippen LogP) is 4.52. The van der Waals surface area contributed by atoms with E-state index in [1.807, 2.05) is 60.7 Å². The molecule has 0 amide bonds. The fourth-order valence-corrected chi connectivity index (χ4v) is 5.37. The van der Waals surface area contributed by atoms with E-state index < -0.39 is 46.9 Å². The van der Waals surface area contributed by atoms with Crippen molar-refractivity contribution in [1.29, 1.82) is 0 Å². The number of rotatable bonds is 6. The molecule has 3 aromatic rings. The molecule has 2 aliphatic rings. The van der Waals surface area contributed by atoms with Crippen LogP contribution in [0.1, 0.15) is 42.6 Å². The molecule has 2 heterocycles. The van der Waals surface area contributed by atoms with Crippen molar-refractivity contribution in [2.45, 2.75) is 31.3 Å². The highest BCUT2D eigenvalue weighted by molar-refractivity contribution is 5.86. The van der Waals surface area contributed by atoms with E-state index in [0.717, 1.165) is 17.2 Å². The van der Waals surface area contributed by atoms with Gasteiger partial charge in [0.05, 0.1) is 24.0 Å². The molecule has 0 bridgehead atoms. The molecule has 4 unspecified atom stereocenters. The smallest absolute Gasteiger partial charge is 0.339 e. The second-order valence-corrected chi connectivity index (χ2v) is 9.16. The molecule has 1 aliphatic carbocycles. The fraction of sp³-hybridized carbons (Fsp3) is 0.200. The summed E-state index contributed by atoms with van der Waals surface area (Å²) < 4.78 is 22.4. The van der Waals surface area contributed by atoms with Crippen LogP contribution in [0.25, 0.3) is 6.08 Å². The summed E-state index contributed by atoms with van der Waals surface area (Å²) in [5, 5.41) is 0. The summed E-state index contributed by atoms with van der Waals surface area (Å²) in [5.74, 6) is -3.31. The molecule has 8 heteroatoms. The summed E-state index contributed by atoms with van der Waals surface area (Å²) in [7, 11) is 0. The molecule has 0 spiro atoms. The molecule has 8 nitrogen and oxygen atoms in total. The van der Waals surface area contributed by atoms with Crippen molar-refractivity contribution in [3.05, 3.63) is 118 Å². The molecule has 4 atom stereocenters. The summed E-state index contributed by atoms with van der Waals surface area (Å²) in [5.41, 5.74) is -0.410. The van der Waals surface area contributed by atoms with E-state index in [1.165, 1.54) is 26.0 Å². The molecule has 0 saturated heterocycles. The Balaban J connectivity index is 1.73. The Kier molecular flexibility index (Phi) is 6.55. The zero-order valence-corrected chi connectivity index (χ0v) is 20.7. The van der Waals surface area contributed by atoms with Crippen LogP contribution in [0.3, 0.4) is 0 Å². The van der Waals surface area contributed by atoms with E-state index in [4.69, 9.17) is 18.6 Å². The first-order valence-electron chi connectivity index (χ1n) is 12.0. The molecular weight excluding hydrogens is 488 g/mol. The Morgan fingerprint density at radius 3 is 2.18 bits per heavy atom. The summed E-state index contributed by atoms with van der Waals surface area (Å²) in [6.07, 6.45) is 4.72. The first-order chi connectivity index (χ1) is 18.3. The maximum absolute atomic E-state index is 12.9. The SMILES string of the molecule is CC(=O)OC1=CC(=O)OC2(/C=C/c3ccccc3)C1C(c1ccccc1)C2c1cc(OC(C)=O)cc(=O)o1. The van der Waals surface area contributed by atoms with Gasteiger partial charge in [-0.25, -0.2) is 9.59 Å². The molecule has 2 aromatic carbocycles. The van der Waals surface area contributed by atoms with Gasteiger partial charge in [0.15, 0.2) is 5.60 Å². The van der Waals surface area contributed by atoms with E-state index in [1.54, 1.807) is 12.2 Å². The summed E-state index contributed by atoms with van der Waals surface area (Å²) in [4.78, 5) is 49.1. The number of hydrogen-bond donors (Lipinski definition) is 0. The molecule has 1 aliphatic heterocycles. The van der Waals surface area contributed by atoms with E-state index in [0.29, 0.717) is 0 Å². The van der Waals surface area contributed by atoms with Crippen molar-refractivity contribution < 1.29 is 33.0 Å². The van der Waals surface area contributed by atoms with Crippen LogP contribution >= 0.6 is 0 Å². The maximum atomic E-state index is 12.9. The van der Waals surface area contributed by atoms with E-state index >= 15 is 0 Å². The summed E-state index contributed by atoms with van der Waals surface area (Å²) >= 11 is 0. The Hall–Kier alpha value is -4.72. The van der Waals surface area contributed by atoms with Gasteiger partial charge in [-0.05, 0) is 17.2 Å². The third-order valence-electron chi connectivity index (χ3n) is 6.65. The van der Waals surface area contributed by atoms with Gasteiger partial charge < -0.3 is 18.6 Å². The van der Waals surface area contributed by atoms with Crippen LogP contribution in [-0.2, 0) is 23.9 Å². The van der Waals surface area contributed by atoms with E-state index in [2.05, 4.69) is 0 Å². The van der Waals surface area contributed by atoms with E-state index in [9.17, 15) is 19.2 Å². The van der Waals surface area contributed by atoms with Crippen LogP contribution in [-0.4, -0.2) is 23.5 Å². The van der Waals surface area contributed by atoms with Crippen LogP contribution in [0, 0.1) is 5.92 Å². The Bertz CT molecular complexity index is 1500.